The molecule has 0 aromatic heterocycles. The van der Waals surface area contributed by atoms with E-state index in [1.54, 1.807) is 18.2 Å². The summed E-state index contributed by atoms with van der Waals surface area (Å²) < 4.78 is 5.28. The van der Waals surface area contributed by atoms with Crippen LogP contribution in [0.25, 0.3) is 0 Å². The van der Waals surface area contributed by atoms with E-state index in [9.17, 15) is 9.59 Å². The normalized spacial score (nSPS) is 24.0. The van der Waals surface area contributed by atoms with E-state index in [-0.39, 0.29) is 31.1 Å². The van der Waals surface area contributed by atoms with Gasteiger partial charge in [0.2, 0.25) is 0 Å². The van der Waals surface area contributed by atoms with E-state index in [0.717, 1.165) is 25.7 Å². The predicted molar refractivity (Wildman–Crippen MR) is 80.9 cm³/mol. The first-order chi connectivity index (χ1) is 10.7. The van der Waals surface area contributed by atoms with Gasteiger partial charge in [-0.25, -0.2) is 0 Å². The SMILES string of the molecule is O=C1COc2ccc(C(=O)NC3CCC(CO)CC3)cc2N1. The first-order valence-electron chi connectivity index (χ1n) is 7.64. The van der Waals surface area contributed by atoms with Gasteiger partial charge in [0.15, 0.2) is 6.61 Å². The number of aliphatic hydroxyl groups is 1. The lowest BCUT2D eigenvalue weighted by molar-refractivity contribution is -0.118. The van der Waals surface area contributed by atoms with Crippen molar-refractivity contribution in [2.75, 3.05) is 18.5 Å². The maximum Gasteiger partial charge on any atom is 0.262 e. The van der Waals surface area contributed by atoms with Crippen LogP contribution in [-0.2, 0) is 4.79 Å². The average molecular weight is 304 g/mol. The maximum absolute atomic E-state index is 12.3. The van der Waals surface area contributed by atoms with Crippen molar-refractivity contribution in [3.8, 4) is 5.75 Å². The molecule has 0 bridgehead atoms. The first-order valence-corrected chi connectivity index (χ1v) is 7.64. The third-order valence-electron chi connectivity index (χ3n) is 4.31. The van der Waals surface area contributed by atoms with E-state index in [2.05, 4.69) is 10.6 Å². The highest BCUT2D eigenvalue weighted by Gasteiger charge is 2.23. The molecule has 0 radical (unpaired) electrons. The van der Waals surface area contributed by atoms with Crippen molar-refractivity contribution in [3.05, 3.63) is 23.8 Å². The topological polar surface area (TPSA) is 87.7 Å². The fraction of sp³-hybridized carbons (Fsp3) is 0.500. The molecule has 22 heavy (non-hydrogen) atoms. The van der Waals surface area contributed by atoms with E-state index >= 15 is 0 Å². The van der Waals surface area contributed by atoms with Gasteiger partial charge in [0, 0.05) is 18.2 Å². The van der Waals surface area contributed by atoms with Crippen LogP contribution < -0.4 is 15.4 Å². The molecule has 2 amide bonds. The summed E-state index contributed by atoms with van der Waals surface area (Å²) in [7, 11) is 0. The number of ether oxygens (including phenoxy) is 1. The van der Waals surface area contributed by atoms with Crippen LogP contribution in [0.15, 0.2) is 18.2 Å². The van der Waals surface area contributed by atoms with E-state index in [1.165, 1.54) is 0 Å². The van der Waals surface area contributed by atoms with Gasteiger partial charge in [-0.3, -0.25) is 9.59 Å². The molecular formula is C16H20N2O4. The molecule has 1 aliphatic carbocycles. The highest BCUT2D eigenvalue weighted by atomic mass is 16.5. The number of hydrogen-bond acceptors (Lipinski definition) is 4. The molecule has 1 heterocycles. The summed E-state index contributed by atoms with van der Waals surface area (Å²) in [4.78, 5) is 23.6. The standard InChI is InChI=1S/C16H20N2O4/c19-8-10-1-4-12(5-2-10)17-16(21)11-3-6-14-13(7-11)18-15(20)9-22-14/h3,6-7,10,12,19H,1-2,4-5,8-9H2,(H,17,21)(H,18,20). The van der Waals surface area contributed by atoms with Crippen molar-refractivity contribution in [3.63, 3.8) is 0 Å². The number of rotatable bonds is 3. The lowest BCUT2D eigenvalue weighted by Crippen LogP contribution is -2.38. The van der Waals surface area contributed by atoms with E-state index < -0.39 is 0 Å². The summed E-state index contributed by atoms with van der Waals surface area (Å²) in [5, 5.41) is 14.9. The van der Waals surface area contributed by atoms with Crippen LogP contribution in [0.5, 0.6) is 5.75 Å². The fourth-order valence-corrected chi connectivity index (χ4v) is 2.98. The van der Waals surface area contributed by atoms with Crippen molar-refractivity contribution in [2.45, 2.75) is 31.7 Å². The molecule has 0 saturated heterocycles. The molecule has 1 aliphatic heterocycles. The number of hydrogen-bond donors (Lipinski definition) is 3. The van der Waals surface area contributed by atoms with Crippen LogP contribution in [-0.4, -0.2) is 36.2 Å². The second-order valence-corrected chi connectivity index (χ2v) is 5.92. The first kappa shape index (κ1) is 14.8. The maximum atomic E-state index is 12.3. The van der Waals surface area contributed by atoms with Gasteiger partial charge in [-0.15, -0.1) is 0 Å². The van der Waals surface area contributed by atoms with E-state index in [0.29, 0.717) is 22.9 Å². The fourth-order valence-electron chi connectivity index (χ4n) is 2.98. The minimum Gasteiger partial charge on any atom is -0.482 e. The number of fused-ring (bicyclic) bond motifs is 1. The second kappa shape index (κ2) is 6.36. The van der Waals surface area contributed by atoms with E-state index in [1.807, 2.05) is 0 Å². The Morgan fingerprint density at radius 1 is 1.32 bits per heavy atom. The summed E-state index contributed by atoms with van der Waals surface area (Å²) in [6, 6.07) is 5.19. The third kappa shape index (κ3) is 3.22. The van der Waals surface area contributed by atoms with Crippen molar-refractivity contribution in [1.82, 2.24) is 5.32 Å². The number of anilines is 1. The van der Waals surface area contributed by atoms with Crippen LogP contribution in [0.1, 0.15) is 36.0 Å². The number of nitrogens with one attached hydrogen (secondary N) is 2. The predicted octanol–water partition coefficient (Wildman–Crippen LogP) is 1.30. The minimum absolute atomic E-state index is 0.00659. The minimum atomic E-state index is -0.215. The lowest BCUT2D eigenvalue weighted by atomic mass is 9.86. The molecular weight excluding hydrogens is 284 g/mol. The van der Waals surface area contributed by atoms with Gasteiger partial charge in [-0.2, -0.15) is 0 Å². The van der Waals surface area contributed by atoms with Gasteiger partial charge in [-0.1, -0.05) is 0 Å². The summed E-state index contributed by atoms with van der Waals surface area (Å²) >= 11 is 0. The number of carbonyl (C=O) groups is 2. The van der Waals surface area contributed by atoms with Crippen molar-refractivity contribution < 1.29 is 19.4 Å². The molecule has 3 rings (SSSR count). The molecule has 6 heteroatoms. The number of aliphatic hydroxyl groups excluding tert-OH is 1. The van der Waals surface area contributed by atoms with Crippen molar-refractivity contribution in [2.24, 2.45) is 5.92 Å². The van der Waals surface area contributed by atoms with Crippen molar-refractivity contribution in [1.29, 1.82) is 0 Å². The molecule has 2 aliphatic rings. The van der Waals surface area contributed by atoms with Crippen LogP contribution in [0.2, 0.25) is 0 Å². The highest BCUT2D eigenvalue weighted by Crippen LogP contribution is 2.29. The monoisotopic (exact) mass is 304 g/mol. The van der Waals surface area contributed by atoms with Gasteiger partial charge in [0.05, 0.1) is 5.69 Å². The molecule has 3 N–H and O–H groups in total. The Labute approximate surface area is 128 Å². The Balaban J connectivity index is 1.63. The zero-order valence-electron chi connectivity index (χ0n) is 12.3. The molecule has 6 nitrogen and oxygen atoms in total. The largest absolute Gasteiger partial charge is 0.482 e. The molecule has 1 aromatic rings. The lowest BCUT2D eigenvalue weighted by Gasteiger charge is -2.28. The van der Waals surface area contributed by atoms with Gasteiger partial charge >= 0.3 is 0 Å². The summed E-state index contributed by atoms with van der Waals surface area (Å²) in [6.07, 6.45) is 3.66. The Morgan fingerprint density at radius 2 is 2.09 bits per heavy atom. The second-order valence-electron chi connectivity index (χ2n) is 5.92. The molecule has 0 unspecified atom stereocenters. The average Bonchev–Trinajstić information content (AvgIpc) is 2.54. The summed E-state index contributed by atoms with van der Waals surface area (Å²) in [5.74, 6) is 0.589. The molecule has 0 atom stereocenters. The van der Waals surface area contributed by atoms with Crippen LogP contribution in [0, 0.1) is 5.92 Å². The summed E-state index contributed by atoms with van der Waals surface area (Å²) in [6.45, 7) is 0.234. The Kier molecular flexibility index (Phi) is 4.29. The summed E-state index contributed by atoms with van der Waals surface area (Å²) in [5.41, 5.74) is 1.04. The Hall–Kier alpha value is -2.08. The van der Waals surface area contributed by atoms with Crippen molar-refractivity contribution >= 4 is 17.5 Å². The van der Waals surface area contributed by atoms with Crippen LogP contribution in [0.3, 0.4) is 0 Å². The number of amides is 2. The molecule has 1 saturated carbocycles. The van der Waals surface area contributed by atoms with Gasteiger partial charge in [-0.05, 0) is 49.8 Å². The molecule has 1 aromatic carbocycles. The zero-order valence-corrected chi connectivity index (χ0v) is 12.3. The van der Waals surface area contributed by atoms with E-state index in [4.69, 9.17) is 9.84 Å². The third-order valence-corrected chi connectivity index (χ3v) is 4.31. The molecule has 118 valence electrons. The Morgan fingerprint density at radius 3 is 2.82 bits per heavy atom. The zero-order chi connectivity index (χ0) is 15.5. The quantitative estimate of drug-likeness (QED) is 0.785. The van der Waals surface area contributed by atoms with Crippen LogP contribution >= 0.6 is 0 Å². The van der Waals surface area contributed by atoms with Gasteiger partial charge < -0.3 is 20.5 Å². The molecule has 0 spiro atoms. The number of benzene rings is 1. The van der Waals surface area contributed by atoms with Gasteiger partial charge in [0.1, 0.15) is 5.75 Å². The Bertz CT molecular complexity index is 580. The van der Waals surface area contributed by atoms with Crippen LogP contribution in [0.4, 0.5) is 5.69 Å². The number of carbonyl (C=O) groups excluding carboxylic acids is 2. The molecule has 1 fully saturated rings. The van der Waals surface area contributed by atoms with Gasteiger partial charge in [0.25, 0.3) is 11.8 Å². The smallest absolute Gasteiger partial charge is 0.262 e. The highest BCUT2D eigenvalue weighted by molar-refractivity contribution is 5.99.